The number of aromatic nitrogens is 5. The van der Waals surface area contributed by atoms with Crippen LogP contribution in [0.2, 0.25) is 5.02 Å². The van der Waals surface area contributed by atoms with Gasteiger partial charge >= 0.3 is 5.97 Å². The summed E-state index contributed by atoms with van der Waals surface area (Å²) in [7, 11) is 0. The Morgan fingerprint density at radius 3 is 2.74 bits per heavy atom. The predicted octanol–water partition coefficient (Wildman–Crippen LogP) is 3.95. The monoisotopic (exact) mass is 404 g/mol. The number of hydrogen-bond donors (Lipinski definition) is 2. The molecule has 0 radical (unpaired) electrons. The number of halogens is 1. The molecule has 0 amide bonds. The molecule has 0 aliphatic carbocycles. The first-order valence-electron chi connectivity index (χ1n) is 8.23. The lowest BCUT2D eigenvalue weighted by molar-refractivity contribution is 0.0526. The molecule has 3 rings (SSSR count). The molecule has 2 N–H and O–H groups in total. The van der Waals surface area contributed by atoms with Crippen molar-refractivity contribution in [1.82, 2.24) is 25.1 Å². The quantitative estimate of drug-likeness (QED) is 0.450. The number of nitrogens with one attached hydrogen (secondary N) is 2. The van der Waals surface area contributed by atoms with E-state index in [1.165, 1.54) is 18.0 Å². The third-order valence-corrected chi connectivity index (χ3v) is 4.34. The van der Waals surface area contributed by atoms with Crippen LogP contribution in [0.25, 0.3) is 11.4 Å². The van der Waals surface area contributed by atoms with Crippen LogP contribution in [0.3, 0.4) is 0 Å². The van der Waals surface area contributed by atoms with E-state index in [0.717, 1.165) is 11.3 Å². The summed E-state index contributed by atoms with van der Waals surface area (Å²) >= 11 is 7.43. The lowest BCUT2D eigenvalue weighted by atomic mass is 10.2. The van der Waals surface area contributed by atoms with Crippen LogP contribution in [0.4, 0.5) is 11.8 Å². The molecular weight excluding hydrogens is 388 g/mol. The van der Waals surface area contributed by atoms with E-state index in [-0.39, 0.29) is 18.0 Å². The Morgan fingerprint density at radius 2 is 2.04 bits per heavy atom. The molecule has 10 heteroatoms. The van der Waals surface area contributed by atoms with E-state index in [1.54, 1.807) is 31.2 Å². The van der Waals surface area contributed by atoms with Crippen molar-refractivity contribution in [3.63, 3.8) is 0 Å². The van der Waals surface area contributed by atoms with Gasteiger partial charge in [-0.2, -0.15) is 4.98 Å². The first kappa shape index (κ1) is 19.1. The van der Waals surface area contributed by atoms with Gasteiger partial charge in [0.15, 0.2) is 11.6 Å². The molecule has 27 heavy (non-hydrogen) atoms. The highest BCUT2D eigenvalue weighted by atomic mass is 35.5. The normalized spacial score (nSPS) is 10.6. The second-order valence-electron chi connectivity index (χ2n) is 5.21. The first-order chi connectivity index (χ1) is 13.1. The molecule has 3 aromatic rings. The van der Waals surface area contributed by atoms with Crippen molar-refractivity contribution in [1.29, 1.82) is 0 Å². The Labute approximate surface area is 165 Å². The Bertz CT molecular complexity index is 931. The SMILES string of the molecule is CCOC(=O)c1cnc(-c2ccc(Cl)cc2)nc1Nc1nc(SCC)n[nH]1. The third kappa shape index (κ3) is 4.75. The average molecular weight is 405 g/mol. The Kier molecular flexibility index (Phi) is 6.25. The van der Waals surface area contributed by atoms with E-state index in [2.05, 4.69) is 30.5 Å². The summed E-state index contributed by atoms with van der Waals surface area (Å²) in [5.74, 6) is 1.41. The molecule has 0 atom stereocenters. The number of anilines is 2. The molecule has 0 unspecified atom stereocenters. The highest BCUT2D eigenvalue weighted by molar-refractivity contribution is 7.99. The van der Waals surface area contributed by atoms with Crippen molar-refractivity contribution in [3.05, 3.63) is 41.0 Å². The van der Waals surface area contributed by atoms with Crippen molar-refractivity contribution in [3.8, 4) is 11.4 Å². The van der Waals surface area contributed by atoms with Gasteiger partial charge in [0.2, 0.25) is 11.1 Å². The number of carbonyl (C=O) groups is 1. The van der Waals surface area contributed by atoms with Gasteiger partial charge in [-0.15, -0.1) is 5.10 Å². The smallest absolute Gasteiger partial charge is 0.343 e. The molecule has 2 heterocycles. The standard InChI is InChI=1S/C17H17ClN6O2S/c1-3-26-15(25)12-9-19-13(10-5-7-11(18)8-6-10)20-14(12)21-16-22-17(24-23-16)27-4-2/h5-9H,3-4H2,1-2H3,(H2,19,20,21,22,23,24). The van der Waals surface area contributed by atoms with Crippen molar-refractivity contribution >= 4 is 41.1 Å². The number of rotatable bonds is 7. The van der Waals surface area contributed by atoms with E-state index >= 15 is 0 Å². The number of H-pyrrole nitrogens is 1. The zero-order valence-electron chi connectivity index (χ0n) is 14.7. The number of carbonyl (C=O) groups excluding carboxylic acids is 1. The number of nitrogens with zero attached hydrogens (tertiary/aromatic N) is 4. The Balaban J connectivity index is 1.96. The molecule has 1 aromatic carbocycles. The van der Waals surface area contributed by atoms with Gasteiger partial charge in [-0.05, 0) is 36.9 Å². The van der Waals surface area contributed by atoms with Crippen molar-refractivity contribution in [2.45, 2.75) is 19.0 Å². The summed E-state index contributed by atoms with van der Waals surface area (Å²) in [5, 5.41) is 11.1. The van der Waals surface area contributed by atoms with Gasteiger partial charge < -0.3 is 10.1 Å². The summed E-state index contributed by atoms with van der Waals surface area (Å²) in [6, 6.07) is 7.10. The van der Waals surface area contributed by atoms with Crippen LogP contribution in [0, 0.1) is 0 Å². The molecule has 0 saturated carbocycles. The minimum Gasteiger partial charge on any atom is -0.462 e. The molecule has 0 bridgehead atoms. The molecule has 0 fully saturated rings. The van der Waals surface area contributed by atoms with E-state index in [1.807, 2.05) is 6.92 Å². The van der Waals surface area contributed by atoms with Crippen LogP contribution in [-0.4, -0.2) is 43.5 Å². The number of ether oxygens (including phenoxy) is 1. The first-order valence-corrected chi connectivity index (χ1v) is 9.59. The highest BCUT2D eigenvalue weighted by Gasteiger charge is 2.18. The topological polar surface area (TPSA) is 106 Å². The number of benzene rings is 1. The molecule has 0 saturated heterocycles. The van der Waals surface area contributed by atoms with Crippen molar-refractivity contribution < 1.29 is 9.53 Å². The number of hydrogen-bond acceptors (Lipinski definition) is 8. The molecule has 0 spiro atoms. The van der Waals surface area contributed by atoms with Gasteiger partial charge in [-0.3, -0.25) is 0 Å². The van der Waals surface area contributed by atoms with Crippen LogP contribution in [0.15, 0.2) is 35.6 Å². The highest BCUT2D eigenvalue weighted by Crippen LogP contribution is 2.24. The van der Waals surface area contributed by atoms with E-state index in [0.29, 0.717) is 22.0 Å². The predicted molar refractivity (Wildman–Crippen MR) is 104 cm³/mol. The van der Waals surface area contributed by atoms with Crippen LogP contribution < -0.4 is 5.32 Å². The third-order valence-electron chi connectivity index (χ3n) is 3.36. The zero-order valence-corrected chi connectivity index (χ0v) is 16.3. The van der Waals surface area contributed by atoms with Gasteiger partial charge in [0.25, 0.3) is 0 Å². The summed E-state index contributed by atoms with van der Waals surface area (Å²) in [4.78, 5) is 25.3. The van der Waals surface area contributed by atoms with Crippen LogP contribution in [0.5, 0.6) is 0 Å². The van der Waals surface area contributed by atoms with Gasteiger partial charge in [0.1, 0.15) is 5.56 Å². The number of thioether (sulfide) groups is 1. The number of esters is 1. The summed E-state index contributed by atoms with van der Waals surface area (Å²) < 4.78 is 5.08. The van der Waals surface area contributed by atoms with E-state index in [9.17, 15) is 4.79 Å². The summed E-state index contributed by atoms with van der Waals surface area (Å²) in [6.45, 7) is 3.99. The number of aromatic amines is 1. The average Bonchev–Trinajstić information content (AvgIpc) is 3.10. The van der Waals surface area contributed by atoms with Crippen molar-refractivity contribution in [2.75, 3.05) is 17.7 Å². The summed E-state index contributed by atoms with van der Waals surface area (Å²) in [6.07, 6.45) is 1.43. The maximum Gasteiger partial charge on any atom is 0.343 e. The fraction of sp³-hybridized carbons (Fsp3) is 0.235. The lowest BCUT2D eigenvalue weighted by Gasteiger charge is -2.10. The Hall–Kier alpha value is -2.65. The van der Waals surface area contributed by atoms with E-state index < -0.39 is 5.97 Å². The Morgan fingerprint density at radius 1 is 1.26 bits per heavy atom. The second-order valence-corrected chi connectivity index (χ2v) is 6.88. The maximum atomic E-state index is 12.2. The maximum absolute atomic E-state index is 12.2. The molecule has 8 nitrogen and oxygen atoms in total. The summed E-state index contributed by atoms with van der Waals surface area (Å²) in [5.41, 5.74) is 0.966. The van der Waals surface area contributed by atoms with Crippen LogP contribution in [0.1, 0.15) is 24.2 Å². The van der Waals surface area contributed by atoms with Gasteiger partial charge in [-0.1, -0.05) is 30.3 Å². The molecule has 0 aliphatic heterocycles. The van der Waals surface area contributed by atoms with Gasteiger partial charge in [-0.25, -0.2) is 19.9 Å². The fourth-order valence-electron chi connectivity index (χ4n) is 2.18. The van der Waals surface area contributed by atoms with E-state index in [4.69, 9.17) is 16.3 Å². The lowest BCUT2D eigenvalue weighted by Crippen LogP contribution is -2.11. The minimum atomic E-state index is -0.523. The van der Waals surface area contributed by atoms with Gasteiger partial charge in [0.05, 0.1) is 6.61 Å². The fourth-order valence-corrected chi connectivity index (χ4v) is 2.83. The van der Waals surface area contributed by atoms with Gasteiger partial charge in [0, 0.05) is 16.8 Å². The van der Waals surface area contributed by atoms with Crippen LogP contribution >= 0.6 is 23.4 Å². The minimum absolute atomic E-state index is 0.204. The van der Waals surface area contributed by atoms with Crippen molar-refractivity contribution in [2.24, 2.45) is 0 Å². The second kappa shape index (κ2) is 8.83. The molecular formula is C17H17ClN6O2S. The molecule has 2 aromatic heterocycles. The van der Waals surface area contributed by atoms with Crippen LogP contribution in [-0.2, 0) is 4.74 Å². The zero-order chi connectivity index (χ0) is 19.2. The largest absolute Gasteiger partial charge is 0.462 e. The molecule has 0 aliphatic rings. The molecule has 140 valence electrons.